The Bertz CT molecular complexity index is 566. The molecule has 0 radical (unpaired) electrons. The van der Waals surface area contributed by atoms with Crippen LogP contribution in [-0.2, 0) is 16.1 Å². The normalized spacial score (nSPS) is 16.8. The summed E-state index contributed by atoms with van der Waals surface area (Å²) in [5, 5.41) is 14.8. The molecule has 1 N–H and O–H groups in total. The van der Waals surface area contributed by atoms with E-state index in [0.717, 1.165) is 12.2 Å². The van der Waals surface area contributed by atoms with Gasteiger partial charge >= 0.3 is 11.7 Å². The summed E-state index contributed by atoms with van der Waals surface area (Å²) in [4.78, 5) is 22.3. The number of carbonyl (C=O) groups excluding carboxylic acids is 1. The van der Waals surface area contributed by atoms with Gasteiger partial charge in [-0.05, 0) is 24.1 Å². The smallest absolute Gasteiger partial charge is 0.413 e. The summed E-state index contributed by atoms with van der Waals surface area (Å²) in [5.41, 5.74) is 0.179. The van der Waals surface area contributed by atoms with Crippen molar-refractivity contribution in [3.05, 3.63) is 55.7 Å². The van der Waals surface area contributed by atoms with Gasteiger partial charge in [-0.25, -0.2) is 4.79 Å². The number of nitro groups is 1. The number of esters is 1. The Hall–Kier alpha value is -1.73. The zero-order valence-corrected chi connectivity index (χ0v) is 12.6. The predicted molar refractivity (Wildman–Crippen MR) is 80.3 cm³/mol. The summed E-state index contributed by atoms with van der Waals surface area (Å²) in [6.45, 7) is 0.579. The molecule has 0 aliphatic carbocycles. The van der Waals surface area contributed by atoms with E-state index in [1.54, 1.807) is 24.3 Å². The Kier molecular flexibility index (Phi) is 5.46. The lowest BCUT2D eigenvalue weighted by molar-refractivity contribution is -0.422. The van der Waals surface area contributed by atoms with Gasteiger partial charge in [-0.2, -0.15) is 0 Å². The lowest BCUT2D eigenvalue weighted by Crippen LogP contribution is -2.26. The Labute approximate surface area is 130 Å². The quantitative estimate of drug-likeness (QED) is 0.396. The number of nitrogens with zero attached hydrogens (tertiary/aromatic N) is 1. The van der Waals surface area contributed by atoms with Crippen molar-refractivity contribution in [2.75, 3.05) is 12.3 Å². The molecule has 0 atom stereocenters. The molecule has 112 valence electrons. The molecular weight excluding hydrogens is 316 g/mol. The van der Waals surface area contributed by atoms with Gasteiger partial charge in [0.15, 0.2) is 5.03 Å². The molecule has 0 saturated carbocycles. The van der Waals surface area contributed by atoms with Gasteiger partial charge < -0.3 is 10.1 Å². The first kappa shape index (κ1) is 15.7. The number of carbonyl (C=O) groups is 1. The van der Waals surface area contributed by atoms with Crippen LogP contribution in [-0.4, -0.2) is 23.2 Å². The minimum absolute atomic E-state index is 0.0364. The predicted octanol–water partition coefficient (Wildman–Crippen LogP) is 2.56. The van der Waals surface area contributed by atoms with E-state index < -0.39 is 16.6 Å². The summed E-state index contributed by atoms with van der Waals surface area (Å²) >= 11 is 7.01. The standard InChI is InChI=1S/C13H13ClN2O4S/c14-10-4-2-9(3-5-10)8-20-13(17)11(16(18)19)12-15-6-1-7-21-12/h2-5,15H,1,6-8H2. The lowest BCUT2D eigenvalue weighted by atomic mass is 10.2. The Morgan fingerprint density at radius 3 is 2.71 bits per heavy atom. The highest BCUT2D eigenvalue weighted by Gasteiger charge is 2.31. The van der Waals surface area contributed by atoms with Crippen molar-refractivity contribution in [3.8, 4) is 0 Å². The number of rotatable bonds is 4. The highest BCUT2D eigenvalue weighted by Crippen LogP contribution is 2.23. The minimum Gasteiger partial charge on any atom is -0.453 e. The molecule has 0 amide bonds. The first-order valence-electron chi connectivity index (χ1n) is 6.25. The van der Waals surface area contributed by atoms with Crippen molar-refractivity contribution in [2.45, 2.75) is 13.0 Å². The minimum atomic E-state index is -0.938. The number of halogens is 1. The van der Waals surface area contributed by atoms with Gasteiger partial charge in [0.2, 0.25) is 0 Å². The van der Waals surface area contributed by atoms with E-state index in [9.17, 15) is 14.9 Å². The lowest BCUT2D eigenvalue weighted by Gasteiger charge is -2.15. The van der Waals surface area contributed by atoms with E-state index in [1.807, 2.05) is 0 Å². The fraction of sp³-hybridized carbons (Fsp3) is 0.308. The third kappa shape index (κ3) is 4.37. The number of hydrogen-bond donors (Lipinski definition) is 1. The fourth-order valence-electron chi connectivity index (χ4n) is 1.70. The van der Waals surface area contributed by atoms with Crippen molar-refractivity contribution in [2.24, 2.45) is 0 Å². The SMILES string of the molecule is O=C(OCc1ccc(Cl)cc1)C(=C1NCCCS1)[N+](=O)[O-]. The van der Waals surface area contributed by atoms with Gasteiger partial charge in [0, 0.05) is 17.3 Å². The molecule has 6 nitrogen and oxygen atoms in total. The maximum Gasteiger partial charge on any atom is 0.413 e. The summed E-state index contributed by atoms with van der Waals surface area (Å²) in [6.07, 6.45) is 0.902. The van der Waals surface area contributed by atoms with Gasteiger partial charge in [-0.15, -0.1) is 11.8 Å². The summed E-state index contributed by atoms with van der Waals surface area (Å²) in [6, 6.07) is 6.72. The number of ether oxygens (including phenoxy) is 1. The topological polar surface area (TPSA) is 81.5 Å². The Morgan fingerprint density at radius 1 is 1.43 bits per heavy atom. The third-order valence-electron chi connectivity index (χ3n) is 2.73. The summed E-state index contributed by atoms with van der Waals surface area (Å²) < 4.78 is 5.01. The average Bonchev–Trinajstić information content (AvgIpc) is 2.47. The molecule has 21 heavy (non-hydrogen) atoms. The average molecular weight is 329 g/mol. The maximum atomic E-state index is 11.9. The van der Waals surface area contributed by atoms with E-state index in [-0.39, 0.29) is 11.6 Å². The monoisotopic (exact) mass is 328 g/mol. The van der Waals surface area contributed by atoms with Crippen LogP contribution in [0.15, 0.2) is 35.0 Å². The van der Waals surface area contributed by atoms with Gasteiger partial charge in [-0.1, -0.05) is 23.7 Å². The molecule has 1 heterocycles. The van der Waals surface area contributed by atoms with Crippen LogP contribution in [0.4, 0.5) is 0 Å². The van der Waals surface area contributed by atoms with Gasteiger partial charge in [0.1, 0.15) is 6.61 Å². The van der Waals surface area contributed by atoms with Crippen LogP contribution in [0, 0.1) is 10.1 Å². The fourth-order valence-corrected chi connectivity index (χ4v) is 2.82. The first-order valence-corrected chi connectivity index (χ1v) is 7.61. The molecule has 1 aliphatic heterocycles. The maximum absolute atomic E-state index is 11.9. The summed E-state index contributed by atoms with van der Waals surface area (Å²) in [7, 11) is 0. The number of benzene rings is 1. The van der Waals surface area contributed by atoms with Crippen LogP contribution in [0.2, 0.25) is 5.02 Å². The van der Waals surface area contributed by atoms with Crippen LogP contribution in [0.1, 0.15) is 12.0 Å². The summed E-state index contributed by atoms with van der Waals surface area (Å²) in [5.74, 6) is -0.198. The van der Waals surface area contributed by atoms with Crippen LogP contribution in [0.25, 0.3) is 0 Å². The second kappa shape index (κ2) is 7.33. The largest absolute Gasteiger partial charge is 0.453 e. The third-order valence-corrected chi connectivity index (χ3v) is 4.10. The van der Waals surface area contributed by atoms with Crippen molar-refractivity contribution < 1.29 is 14.5 Å². The van der Waals surface area contributed by atoms with Crippen molar-refractivity contribution in [1.82, 2.24) is 5.32 Å². The highest BCUT2D eigenvalue weighted by atomic mass is 35.5. The molecule has 0 spiro atoms. The molecule has 2 rings (SSSR count). The van der Waals surface area contributed by atoms with E-state index >= 15 is 0 Å². The highest BCUT2D eigenvalue weighted by molar-refractivity contribution is 8.03. The van der Waals surface area contributed by atoms with Gasteiger partial charge in [0.25, 0.3) is 0 Å². The van der Waals surface area contributed by atoms with Gasteiger partial charge in [-0.3, -0.25) is 10.1 Å². The second-order valence-electron chi connectivity index (χ2n) is 4.27. The zero-order chi connectivity index (χ0) is 15.2. The Morgan fingerprint density at radius 2 is 2.14 bits per heavy atom. The van der Waals surface area contributed by atoms with Crippen molar-refractivity contribution in [1.29, 1.82) is 0 Å². The Balaban J connectivity index is 2.05. The van der Waals surface area contributed by atoms with Crippen molar-refractivity contribution in [3.63, 3.8) is 0 Å². The molecule has 1 aromatic rings. The molecule has 0 aromatic heterocycles. The zero-order valence-electron chi connectivity index (χ0n) is 11.0. The van der Waals surface area contributed by atoms with E-state index in [2.05, 4.69) is 5.32 Å². The second-order valence-corrected chi connectivity index (χ2v) is 5.81. The molecule has 1 fully saturated rings. The number of hydrogen-bond acceptors (Lipinski definition) is 6. The van der Waals surface area contributed by atoms with Crippen LogP contribution in [0.5, 0.6) is 0 Å². The molecule has 1 aliphatic rings. The van der Waals surface area contributed by atoms with Crippen LogP contribution >= 0.6 is 23.4 Å². The van der Waals surface area contributed by atoms with Crippen molar-refractivity contribution >= 4 is 29.3 Å². The molecule has 1 saturated heterocycles. The van der Waals surface area contributed by atoms with Crippen LogP contribution in [0.3, 0.4) is 0 Å². The number of nitrogens with one attached hydrogen (secondary N) is 1. The van der Waals surface area contributed by atoms with E-state index in [0.29, 0.717) is 17.1 Å². The van der Waals surface area contributed by atoms with E-state index in [4.69, 9.17) is 16.3 Å². The molecule has 0 bridgehead atoms. The van der Waals surface area contributed by atoms with Gasteiger partial charge in [0.05, 0.1) is 4.92 Å². The van der Waals surface area contributed by atoms with Crippen LogP contribution < -0.4 is 5.32 Å². The molecule has 0 unspecified atom stereocenters. The number of thioether (sulfide) groups is 1. The molecule has 8 heteroatoms. The molecule has 1 aromatic carbocycles. The van der Waals surface area contributed by atoms with E-state index in [1.165, 1.54) is 11.8 Å². The first-order chi connectivity index (χ1) is 10.1. The molecular formula is C13H13ClN2O4S.